The van der Waals surface area contributed by atoms with Crippen molar-refractivity contribution in [2.75, 3.05) is 26.6 Å². The summed E-state index contributed by atoms with van der Waals surface area (Å²) in [6.07, 6.45) is 0. The molecule has 0 unspecified atom stereocenters. The molecule has 0 radical (unpaired) electrons. The standard InChI is InChI=1S/C20H18FN3O5/c1-27-14-8-9-16(28-2)15(10-14)22-20(26)19-17(29-3)11-18(25)24(23-19)13-6-4-12(21)5-7-13/h4-11H,1-3H3,(H,22,26). The molecule has 0 aliphatic heterocycles. The Kier molecular flexibility index (Phi) is 5.77. The molecule has 1 amide bonds. The van der Waals surface area contributed by atoms with E-state index in [2.05, 4.69) is 10.4 Å². The number of nitrogens with one attached hydrogen (secondary N) is 1. The highest BCUT2D eigenvalue weighted by atomic mass is 19.1. The van der Waals surface area contributed by atoms with Crippen molar-refractivity contribution in [3.05, 3.63) is 70.4 Å². The van der Waals surface area contributed by atoms with E-state index in [0.717, 1.165) is 10.7 Å². The fourth-order valence-electron chi connectivity index (χ4n) is 2.61. The van der Waals surface area contributed by atoms with Crippen LogP contribution in [-0.2, 0) is 0 Å². The Bertz CT molecular complexity index is 1100. The lowest BCUT2D eigenvalue weighted by molar-refractivity contribution is 0.101. The van der Waals surface area contributed by atoms with Crippen LogP contribution < -0.4 is 25.1 Å². The molecule has 150 valence electrons. The van der Waals surface area contributed by atoms with E-state index < -0.39 is 17.3 Å². The van der Waals surface area contributed by atoms with Crippen molar-refractivity contribution in [2.24, 2.45) is 0 Å². The molecule has 3 rings (SSSR count). The van der Waals surface area contributed by atoms with Crippen molar-refractivity contribution in [3.8, 4) is 22.9 Å². The van der Waals surface area contributed by atoms with Gasteiger partial charge in [0.05, 0.1) is 38.8 Å². The van der Waals surface area contributed by atoms with Crippen LogP contribution in [0.4, 0.5) is 10.1 Å². The van der Waals surface area contributed by atoms with Gasteiger partial charge in [-0.3, -0.25) is 9.59 Å². The number of hydrogen-bond donors (Lipinski definition) is 1. The lowest BCUT2D eigenvalue weighted by Crippen LogP contribution is -2.26. The normalized spacial score (nSPS) is 10.3. The molecule has 1 N–H and O–H groups in total. The van der Waals surface area contributed by atoms with Crippen LogP contribution in [0.5, 0.6) is 17.2 Å². The van der Waals surface area contributed by atoms with Gasteiger partial charge in [-0.15, -0.1) is 0 Å². The van der Waals surface area contributed by atoms with Crippen LogP contribution in [0.25, 0.3) is 5.69 Å². The summed E-state index contributed by atoms with van der Waals surface area (Å²) in [7, 11) is 4.28. The maximum absolute atomic E-state index is 13.2. The third kappa shape index (κ3) is 4.18. The van der Waals surface area contributed by atoms with Crippen molar-refractivity contribution in [2.45, 2.75) is 0 Å². The average molecular weight is 399 g/mol. The second-order valence-corrected chi connectivity index (χ2v) is 5.81. The number of amides is 1. The molecule has 3 aromatic rings. The summed E-state index contributed by atoms with van der Waals surface area (Å²) in [6, 6.07) is 11.2. The molecule has 0 saturated heterocycles. The van der Waals surface area contributed by atoms with E-state index in [9.17, 15) is 14.0 Å². The summed E-state index contributed by atoms with van der Waals surface area (Å²) in [4.78, 5) is 25.2. The largest absolute Gasteiger partial charge is 0.497 e. The average Bonchev–Trinajstić information content (AvgIpc) is 2.74. The zero-order valence-electron chi connectivity index (χ0n) is 15.9. The highest BCUT2D eigenvalue weighted by molar-refractivity contribution is 6.05. The van der Waals surface area contributed by atoms with Crippen LogP contribution in [0, 0.1) is 5.82 Å². The molecule has 2 aromatic carbocycles. The molecule has 0 spiro atoms. The molecule has 0 atom stereocenters. The molecule has 29 heavy (non-hydrogen) atoms. The van der Waals surface area contributed by atoms with Gasteiger partial charge < -0.3 is 19.5 Å². The van der Waals surface area contributed by atoms with Crippen LogP contribution in [0.2, 0.25) is 0 Å². The summed E-state index contributed by atoms with van der Waals surface area (Å²) in [5.74, 6) is -0.183. The van der Waals surface area contributed by atoms with Crippen LogP contribution in [-0.4, -0.2) is 37.0 Å². The van der Waals surface area contributed by atoms with Gasteiger partial charge in [0.2, 0.25) is 0 Å². The number of methoxy groups -OCH3 is 3. The van der Waals surface area contributed by atoms with Crippen molar-refractivity contribution in [3.63, 3.8) is 0 Å². The van der Waals surface area contributed by atoms with Gasteiger partial charge in [0.15, 0.2) is 11.4 Å². The van der Waals surface area contributed by atoms with E-state index >= 15 is 0 Å². The van der Waals surface area contributed by atoms with Gasteiger partial charge in [-0.1, -0.05) is 0 Å². The van der Waals surface area contributed by atoms with Gasteiger partial charge >= 0.3 is 0 Å². The fraction of sp³-hybridized carbons (Fsp3) is 0.150. The summed E-state index contributed by atoms with van der Waals surface area (Å²) in [5, 5.41) is 6.78. The van der Waals surface area contributed by atoms with E-state index in [1.54, 1.807) is 18.2 Å². The maximum Gasteiger partial charge on any atom is 0.280 e. The smallest absolute Gasteiger partial charge is 0.280 e. The Morgan fingerprint density at radius 1 is 0.966 bits per heavy atom. The number of rotatable bonds is 6. The number of halogens is 1. The molecular formula is C20H18FN3O5. The minimum Gasteiger partial charge on any atom is -0.497 e. The molecule has 1 heterocycles. The number of carbonyl (C=O) groups is 1. The Labute approximate surface area is 165 Å². The van der Waals surface area contributed by atoms with Gasteiger partial charge in [-0.25, -0.2) is 4.39 Å². The predicted octanol–water partition coefficient (Wildman–Crippen LogP) is 2.65. The molecule has 0 aliphatic rings. The molecule has 1 aromatic heterocycles. The van der Waals surface area contributed by atoms with Crippen molar-refractivity contribution >= 4 is 11.6 Å². The van der Waals surface area contributed by atoms with Gasteiger partial charge in [-0.2, -0.15) is 9.78 Å². The first-order chi connectivity index (χ1) is 14.0. The lowest BCUT2D eigenvalue weighted by Gasteiger charge is -2.14. The van der Waals surface area contributed by atoms with E-state index in [0.29, 0.717) is 22.9 Å². The Morgan fingerprint density at radius 2 is 1.66 bits per heavy atom. The minimum atomic E-state index is -0.635. The monoisotopic (exact) mass is 399 g/mol. The zero-order chi connectivity index (χ0) is 21.0. The van der Waals surface area contributed by atoms with E-state index in [1.165, 1.54) is 45.6 Å². The van der Waals surface area contributed by atoms with Crippen LogP contribution in [0.3, 0.4) is 0 Å². The summed E-state index contributed by atoms with van der Waals surface area (Å²) < 4.78 is 29.7. The first kappa shape index (κ1) is 19.9. The number of nitrogens with zero attached hydrogens (tertiary/aromatic N) is 2. The summed E-state index contributed by atoms with van der Waals surface area (Å²) in [6.45, 7) is 0. The van der Waals surface area contributed by atoms with Crippen LogP contribution in [0.1, 0.15) is 10.5 Å². The third-order valence-electron chi connectivity index (χ3n) is 4.06. The number of carbonyl (C=O) groups excluding carboxylic acids is 1. The van der Waals surface area contributed by atoms with E-state index in [4.69, 9.17) is 14.2 Å². The topological polar surface area (TPSA) is 91.7 Å². The Morgan fingerprint density at radius 3 is 2.28 bits per heavy atom. The van der Waals surface area contributed by atoms with Crippen molar-refractivity contribution in [1.82, 2.24) is 9.78 Å². The SMILES string of the molecule is COc1ccc(OC)c(NC(=O)c2nn(-c3ccc(F)cc3)c(=O)cc2OC)c1. The minimum absolute atomic E-state index is 0.00674. The molecule has 8 nitrogen and oxygen atoms in total. The highest BCUT2D eigenvalue weighted by Gasteiger charge is 2.20. The van der Waals surface area contributed by atoms with Gasteiger partial charge in [0, 0.05) is 6.07 Å². The van der Waals surface area contributed by atoms with Gasteiger partial charge in [-0.05, 0) is 36.4 Å². The first-order valence-electron chi connectivity index (χ1n) is 8.44. The maximum atomic E-state index is 13.2. The second-order valence-electron chi connectivity index (χ2n) is 5.81. The molecule has 0 fully saturated rings. The van der Waals surface area contributed by atoms with Gasteiger partial charge in [0.1, 0.15) is 17.3 Å². The van der Waals surface area contributed by atoms with E-state index in [-0.39, 0.29) is 11.4 Å². The number of ether oxygens (including phenoxy) is 3. The Balaban J connectivity index is 2.03. The summed E-state index contributed by atoms with van der Waals surface area (Å²) in [5.41, 5.74) is -0.0300. The molecule has 0 aliphatic carbocycles. The summed E-state index contributed by atoms with van der Waals surface area (Å²) >= 11 is 0. The lowest BCUT2D eigenvalue weighted by atomic mass is 10.2. The van der Waals surface area contributed by atoms with E-state index in [1.807, 2.05) is 0 Å². The quantitative estimate of drug-likeness (QED) is 0.685. The molecular weight excluding hydrogens is 381 g/mol. The fourth-order valence-corrected chi connectivity index (χ4v) is 2.61. The van der Waals surface area contributed by atoms with Crippen LogP contribution >= 0.6 is 0 Å². The van der Waals surface area contributed by atoms with Crippen molar-refractivity contribution < 1.29 is 23.4 Å². The van der Waals surface area contributed by atoms with Gasteiger partial charge in [0.25, 0.3) is 11.5 Å². The molecule has 0 bridgehead atoms. The molecule has 9 heteroatoms. The zero-order valence-corrected chi connectivity index (χ0v) is 15.9. The first-order valence-corrected chi connectivity index (χ1v) is 8.44. The molecule has 0 saturated carbocycles. The number of anilines is 1. The second kappa shape index (κ2) is 8.42. The van der Waals surface area contributed by atoms with Crippen molar-refractivity contribution in [1.29, 1.82) is 0 Å². The van der Waals surface area contributed by atoms with Crippen LogP contribution in [0.15, 0.2) is 53.3 Å². The Hall–Kier alpha value is -3.88. The third-order valence-corrected chi connectivity index (χ3v) is 4.06. The number of benzene rings is 2. The number of hydrogen-bond acceptors (Lipinski definition) is 6. The predicted molar refractivity (Wildman–Crippen MR) is 104 cm³/mol. The number of aromatic nitrogens is 2. The highest BCUT2D eigenvalue weighted by Crippen LogP contribution is 2.29.